The standard InChI is InChI=1S/C7H8.C3H5N3O3S/c1-7-5-3-2-4-6-7;4-1-2-6(3(5)7)10(8)9/h2-6H,1H3;2H2,(H2,5,7)(H,8,9)/p-1. The second-order valence-electron chi connectivity index (χ2n) is 2.90. The van der Waals surface area contributed by atoms with Gasteiger partial charge in [-0.05, 0) is 6.92 Å². The van der Waals surface area contributed by atoms with Crippen LogP contribution in [0, 0.1) is 18.3 Å². The van der Waals surface area contributed by atoms with E-state index in [9.17, 15) is 13.6 Å². The molecule has 0 fully saturated rings. The first-order valence-corrected chi connectivity index (χ1v) is 5.57. The summed E-state index contributed by atoms with van der Waals surface area (Å²) < 4.78 is 20.2. The molecule has 0 heterocycles. The fourth-order valence-electron chi connectivity index (χ4n) is 0.803. The fraction of sp³-hybridized carbons (Fsp3) is 0.200. The maximum Gasteiger partial charge on any atom is 0.326 e. The van der Waals surface area contributed by atoms with Gasteiger partial charge in [0.1, 0.15) is 6.54 Å². The van der Waals surface area contributed by atoms with Crippen LogP contribution < -0.4 is 5.73 Å². The van der Waals surface area contributed by atoms with E-state index in [1.54, 1.807) is 0 Å². The molecule has 0 aromatic heterocycles. The number of nitrogens with zero attached hydrogens (tertiary/aromatic N) is 2. The van der Waals surface area contributed by atoms with Crippen LogP contribution in [0.2, 0.25) is 0 Å². The van der Waals surface area contributed by atoms with Crippen LogP contribution >= 0.6 is 0 Å². The molecule has 7 heteroatoms. The number of carbonyl (C=O) groups excluding carboxylic acids is 1. The average molecular weight is 254 g/mol. The molecule has 1 aromatic carbocycles. The lowest BCUT2D eigenvalue weighted by molar-refractivity contribution is 0.234. The lowest BCUT2D eigenvalue weighted by atomic mass is 10.2. The van der Waals surface area contributed by atoms with E-state index in [-0.39, 0.29) is 4.31 Å². The molecule has 0 bridgehead atoms. The number of hydrogen-bond donors (Lipinski definition) is 1. The van der Waals surface area contributed by atoms with Crippen LogP contribution in [0.3, 0.4) is 0 Å². The van der Waals surface area contributed by atoms with Gasteiger partial charge in [0.2, 0.25) is 0 Å². The molecule has 0 saturated carbocycles. The SMILES string of the molecule is Cc1ccccc1.N#CCN(C(N)=O)S(=O)[O-]. The first-order valence-electron chi connectivity index (χ1n) is 4.54. The summed E-state index contributed by atoms with van der Waals surface area (Å²) >= 11 is -2.75. The van der Waals surface area contributed by atoms with Crippen molar-refractivity contribution in [2.24, 2.45) is 5.73 Å². The zero-order valence-corrected chi connectivity index (χ0v) is 10.0. The van der Waals surface area contributed by atoms with E-state index < -0.39 is 23.8 Å². The highest BCUT2D eigenvalue weighted by molar-refractivity contribution is 7.77. The van der Waals surface area contributed by atoms with Crippen molar-refractivity contribution in [3.8, 4) is 6.07 Å². The second-order valence-corrected chi connectivity index (χ2v) is 3.78. The Kier molecular flexibility index (Phi) is 7.34. The Labute approximate surface area is 102 Å². The first-order chi connectivity index (χ1) is 7.99. The molecular weight excluding hydrogens is 242 g/mol. The summed E-state index contributed by atoms with van der Waals surface area (Å²) in [5.74, 6) is 0. The highest BCUT2D eigenvalue weighted by atomic mass is 32.2. The predicted molar refractivity (Wildman–Crippen MR) is 62.0 cm³/mol. The van der Waals surface area contributed by atoms with Gasteiger partial charge in [-0.1, -0.05) is 35.9 Å². The molecule has 92 valence electrons. The molecule has 1 unspecified atom stereocenters. The molecule has 17 heavy (non-hydrogen) atoms. The summed E-state index contributed by atoms with van der Waals surface area (Å²) in [6, 6.07) is 10.6. The maximum atomic E-state index is 10.1. The number of amides is 2. The van der Waals surface area contributed by atoms with E-state index in [1.807, 2.05) is 18.2 Å². The maximum absolute atomic E-state index is 10.1. The molecule has 0 aliphatic rings. The van der Waals surface area contributed by atoms with E-state index >= 15 is 0 Å². The minimum absolute atomic E-state index is 0.208. The van der Waals surface area contributed by atoms with Gasteiger partial charge in [0, 0.05) is 0 Å². The van der Waals surface area contributed by atoms with Gasteiger partial charge in [-0.15, -0.1) is 0 Å². The number of carbonyl (C=O) groups is 1. The van der Waals surface area contributed by atoms with Gasteiger partial charge < -0.3 is 10.3 Å². The molecule has 1 aromatic rings. The number of nitriles is 1. The monoisotopic (exact) mass is 254 g/mol. The average Bonchev–Trinajstić information content (AvgIpc) is 2.27. The smallest absolute Gasteiger partial charge is 0.326 e. The second kappa shape index (κ2) is 8.27. The minimum Gasteiger partial charge on any atom is -0.755 e. The van der Waals surface area contributed by atoms with E-state index in [1.165, 1.54) is 11.6 Å². The van der Waals surface area contributed by atoms with Crippen LogP contribution in [0.4, 0.5) is 4.79 Å². The summed E-state index contributed by atoms with van der Waals surface area (Å²) in [7, 11) is 0. The van der Waals surface area contributed by atoms with Gasteiger partial charge in [-0.3, -0.25) is 4.21 Å². The van der Waals surface area contributed by atoms with Crippen molar-refractivity contribution in [1.82, 2.24) is 4.31 Å². The van der Waals surface area contributed by atoms with Crippen LogP contribution in [0.25, 0.3) is 0 Å². The molecule has 2 N–H and O–H groups in total. The number of urea groups is 1. The molecule has 0 aliphatic carbocycles. The topological polar surface area (TPSA) is 110 Å². The Hall–Kier alpha value is -1.91. The molecule has 0 radical (unpaired) electrons. The highest BCUT2D eigenvalue weighted by Crippen LogP contribution is 1.92. The molecular formula is C10H12N3O3S-. The third-order valence-electron chi connectivity index (χ3n) is 1.58. The number of nitrogens with two attached hydrogens (primary N) is 1. The van der Waals surface area contributed by atoms with Crippen molar-refractivity contribution in [1.29, 1.82) is 5.26 Å². The summed E-state index contributed by atoms with van der Waals surface area (Å²) in [5.41, 5.74) is 5.89. The van der Waals surface area contributed by atoms with Crippen LogP contribution in [0.1, 0.15) is 5.56 Å². The summed E-state index contributed by atoms with van der Waals surface area (Å²) in [6.45, 7) is 1.53. The Morgan fingerprint density at radius 1 is 1.53 bits per heavy atom. The van der Waals surface area contributed by atoms with Crippen molar-refractivity contribution in [3.05, 3.63) is 35.9 Å². The first kappa shape index (κ1) is 15.1. The summed E-state index contributed by atoms with van der Waals surface area (Å²) in [6.07, 6.45) is 0. The van der Waals surface area contributed by atoms with Crippen LogP contribution in [0.5, 0.6) is 0 Å². The number of aryl methyl sites for hydroxylation is 1. The Morgan fingerprint density at radius 3 is 2.24 bits per heavy atom. The minimum atomic E-state index is -2.75. The Bertz CT molecular complexity index is 403. The van der Waals surface area contributed by atoms with E-state index in [0.29, 0.717) is 0 Å². The molecule has 2 amide bonds. The van der Waals surface area contributed by atoms with E-state index in [4.69, 9.17) is 5.26 Å². The van der Waals surface area contributed by atoms with Gasteiger partial charge in [-0.2, -0.15) is 5.26 Å². The molecule has 1 rings (SSSR count). The third kappa shape index (κ3) is 7.05. The molecule has 6 nitrogen and oxygen atoms in total. The third-order valence-corrected chi connectivity index (χ3v) is 2.25. The van der Waals surface area contributed by atoms with Crippen molar-refractivity contribution in [2.45, 2.75) is 6.92 Å². The number of rotatable bonds is 2. The van der Waals surface area contributed by atoms with Crippen molar-refractivity contribution in [3.63, 3.8) is 0 Å². The Morgan fingerprint density at radius 2 is 2.06 bits per heavy atom. The zero-order chi connectivity index (χ0) is 13.3. The van der Waals surface area contributed by atoms with Crippen LogP contribution in [-0.2, 0) is 11.3 Å². The number of benzene rings is 1. The van der Waals surface area contributed by atoms with E-state index in [0.717, 1.165) is 0 Å². The number of primary amides is 1. The molecule has 0 aliphatic heterocycles. The lowest BCUT2D eigenvalue weighted by Crippen LogP contribution is -2.37. The quantitative estimate of drug-likeness (QED) is 0.618. The van der Waals surface area contributed by atoms with Gasteiger partial charge >= 0.3 is 6.03 Å². The fourth-order valence-corrected chi connectivity index (χ4v) is 1.11. The highest BCUT2D eigenvalue weighted by Gasteiger charge is 2.07. The van der Waals surface area contributed by atoms with Crippen LogP contribution in [-0.4, -0.2) is 25.6 Å². The van der Waals surface area contributed by atoms with Gasteiger partial charge in [-0.25, -0.2) is 9.10 Å². The molecule has 0 spiro atoms. The predicted octanol–water partition coefficient (Wildman–Crippen LogP) is 0.680. The van der Waals surface area contributed by atoms with Crippen molar-refractivity contribution in [2.75, 3.05) is 6.54 Å². The van der Waals surface area contributed by atoms with Gasteiger partial charge in [0.25, 0.3) is 0 Å². The molecule has 1 atom stereocenters. The van der Waals surface area contributed by atoms with Gasteiger partial charge in [0.05, 0.1) is 17.3 Å². The number of hydrogen-bond acceptors (Lipinski definition) is 4. The normalized spacial score (nSPS) is 10.4. The Balaban J connectivity index is 0.000000318. The lowest BCUT2D eigenvalue weighted by Gasteiger charge is -2.17. The zero-order valence-electron chi connectivity index (χ0n) is 9.20. The summed E-state index contributed by atoms with van der Waals surface area (Å²) in [4.78, 5) is 10.1. The van der Waals surface area contributed by atoms with Crippen LogP contribution in [0.15, 0.2) is 30.3 Å². The van der Waals surface area contributed by atoms with Crippen molar-refractivity contribution >= 4 is 17.3 Å². The summed E-state index contributed by atoms with van der Waals surface area (Å²) in [5, 5.41) is 7.96. The molecule has 0 saturated heterocycles. The largest absolute Gasteiger partial charge is 0.755 e. The van der Waals surface area contributed by atoms with Gasteiger partial charge in [0.15, 0.2) is 0 Å². The van der Waals surface area contributed by atoms with E-state index in [2.05, 4.69) is 24.8 Å². The van der Waals surface area contributed by atoms with Crippen molar-refractivity contribution < 1.29 is 13.6 Å².